The lowest BCUT2D eigenvalue weighted by Gasteiger charge is -2.20. The van der Waals surface area contributed by atoms with Gasteiger partial charge in [-0.2, -0.15) is 4.31 Å². The molecule has 2 N–H and O–H groups in total. The molecule has 100 valence electrons. The second-order valence-corrected chi connectivity index (χ2v) is 7.68. The molecule has 0 aromatic heterocycles. The van der Waals surface area contributed by atoms with Gasteiger partial charge in [-0.25, -0.2) is 8.42 Å². The van der Waals surface area contributed by atoms with Crippen molar-refractivity contribution in [3.8, 4) is 0 Å². The number of rotatable bonds is 2. The molecule has 0 bridgehead atoms. The molecule has 5 heteroatoms. The second-order valence-electron chi connectivity index (χ2n) is 5.78. The van der Waals surface area contributed by atoms with Crippen molar-refractivity contribution in [2.75, 3.05) is 18.8 Å². The molecule has 0 spiro atoms. The molecule has 2 rings (SSSR count). The van der Waals surface area contributed by atoms with Gasteiger partial charge in [-0.15, -0.1) is 0 Å². The maximum absolute atomic E-state index is 12.5. The predicted molar refractivity (Wildman–Crippen MR) is 72.7 cm³/mol. The zero-order valence-electron chi connectivity index (χ0n) is 11.1. The van der Waals surface area contributed by atoms with Crippen LogP contribution < -0.4 is 5.73 Å². The topological polar surface area (TPSA) is 63.4 Å². The Kier molecular flexibility index (Phi) is 3.15. The molecule has 1 heterocycles. The largest absolute Gasteiger partial charge is 0.399 e. The molecule has 1 aromatic carbocycles. The highest BCUT2D eigenvalue weighted by atomic mass is 32.2. The smallest absolute Gasteiger partial charge is 0.243 e. The van der Waals surface area contributed by atoms with E-state index in [-0.39, 0.29) is 5.41 Å². The normalized spacial score (nSPS) is 20.2. The Morgan fingerprint density at radius 1 is 1.33 bits per heavy atom. The van der Waals surface area contributed by atoms with Crippen LogP contribution in [-0.2, 0) is 10.0 Å². The summed E-state index contributed by atoms with van der Waals surface area (Å²) in [6, 6.07) is 4.94. The molecular weight excluding hydrogens is 248 g/mol. The summed E-state index contributed by atoms with van der Waals surface area (Å²) in [4.78, 5) is 0.370. The Morgan fingerprint density at radius 3 is 2.50 bits per heavy atom. The molecule has 1 aromatic rings. The molecule has 18 heavy (non-hydrogen) atoms. The molecule has 0 radical (unpaired) electrons. The fourth-order valence-electron chi connectivity index (χ4n) is 2.37. The lowest BCUT2D eigenvalue weighted by atomic mass is 9.93. The minimum atomic E-state index is -3.38. The van der Waals surface area contributed by atoms with Gasteiger partial charge in [0.1, 0.15) is 0 Å². The maximum atomic E-state index is 12.5. The number of benzene rings is 1. The van der Waals surface area contributed by atoms with Gasteiger partial charge < -0.3 is 5.73 Å². The number of anilines is 1. The molecule has 4 nitrogen and oxygen atoms in total. The SMILES string of the molecule is Cc1cc(N)ccc1S(=O)(=O)N1CCC(C)(C)C1. The Balaban J connectivity index is 2.38. The van der Waals surface area contributed by atoms with Gasteiger partial charge in [-0.3, -0.25) is 0 Å². The highest BCUT2D eigenvalue weighted by Crippen LogP contribution is 2.33. The zero-order chi connectivity index (χ0) is 13.6. The lowest BCUT2D eigenvalue weighted by molar-refractivity contribution is 0.375. The Bertz CT molecular complexity index is 564. The molecule has 1 aliphatic heterocycles. The average molecular weight is 268 g/mol. The highest BCUT2D eigenvalue weighted by molar-refractivity contribution is 7.89. The van der Waals surface area contributed by atoms with Crippen molar-refractivity contribution in [2.45, 2.75) is 32.1 Å². The van der Waals surface area contributed by atoms with E-state index in [1.807, 2.05) is 0 Å². The fourth-order valence-corrected chi connectivity index (χ4v) is 4.20. The van der Waals surface area contributed by atoms with Crippen LogP contribution in [0, 0.1) is 12.3 Å². The van der Waals surface area contributed by atoms with Gasteiger partial charge in [0.25, 0.3) is 0 Å². The van der Waals surface area contributed by atoms with Crippen molar-refractivity contribution in [3.63, 3.8) is 0 Å². The van der Waals surface area contributed by atoms with Gasteiger partial charge in [0.2, 0.25) is 10.0 Å². The van der Waals surface area contributed by atoms with E-state index in [4.69, 9.17) is 5.73 Å². The van der Waals surface area contributed by atoms with Crippen LogP contribution in [0.1, 0.15) is 25.8 Å². The number of nitrogens with two attached hydrogens (primary N) is 1. The number of hydrogen-bond donors (Lipinski definition) is 1. The third-order valence-corrected chi connectivity index (χ3v) is 5.46. The Hall–Kier alpha value is -1.07. The minimum Gasteiger partial charge on any atom is -0.399 e. The summed E-state index contributed by atoms with van der Waals surface area (Å²) in [6.07, 6.45) is 0.903. The van der Waals surface area contributed by atoms with Crippen molar-refractivity contribution >= 4 is 15.7 Å². The van der Waals surface area contributed by atoms with Gasteiger partial charge in [-0.05, 0) is 42.5 Å². The fraction of sp³-hybridized carbons (Fsp3) is 0.538. The summed E-state index contributed by atoms with van der Waals surface area (Å²) in [7, 11) is -3.38. The number of aryl methyl sites for hydroxylation is 1. The zero-order valence-corrected chi connectivity index (χ0v) is 11.9. The van der Waals surface area contributed by atoms with E-state index in [9.17, 15) is 8.42 Å². The number of nitrogen functional groups attached to an aromatic ring is 1. The van der Waals surface area contributed by atoms with Crippen molar-refractivity contribution in [1.82, 2.24) is 4.31 Å². The van der Waals surface area contributed by atoms with Crippen molar-refractivity contribution in [1.29, 1.82) is 0 Å². The minimum absolute atomic E-state index is 0.0643. The van der Waals surface area contributed by atoms with Gasteiger partial charge in [-0.1, -0.05) is 13.8 Å². The van der Waals surface area contributed by atoms with Crippen LogP contribution in [-0.4, -0.2) is 25.8 Å². The maximum Gasteiger partial charge on any atom is 0.243 e. The first kappa shape index (κ1) is 13.4. The number of sulfonamides is 1. The second kappa shape index (κ2) is 4.24. The van der Waals surface area contributed by atoms with E-state index in [1.165, 1.54) is 0 Å². The molecule has 0 unspecified atom stereocenters. The van der Waals surface area contributed by atoms with E-state index in [0.717, 1.165) is 6.42 Å². The van der Waals surface area contributed by atoms with E-state index >= 15 is 0 Å². The average Bonchev–Trinajstić information content (AvgIpc) is 2.58. The van der Waals surface area contributed by atoms with E-state index < -0.39 is 10.0 Å². The number of nitrogens with zero attached hydrogens (tertiary/aromatic N) is 1. The summed E-state index contributed by atoms with van der Waals surface area (Å²) in [5.41, 5.74) is 7.02. The Labute approximate surface area is 109 Å². The standard InChI is InChI=1S/C13H20N2O2S/c1-10-8-11(14)4-5-12(10)18(16,17)15-7-6-13(2,3)9-15/h4-5,8H,6-7,9,14H2,1-3H3. The van der Waals surface area contributed by atoms with Gasteiger partial charge in [0, 0.05) is 18.8 Å². The molecule has 1 fully saturated rings. The molecule has 0 atom stereocenters. The molecular formula is C13H20N2O2S. The first-order chi connectivity index (χ1) is 8.22. The van der Waals surface area contributed by atoms with Crippen LogP contribution in [0.25, 0.3) is 0 Å². The molecule has 0 aliphatic carbocycles. The molecule has 1 saturated heterocycles. The summed E-state index contributed by atoms with van der Waals surface area (Å²) in [5.74, 6) is 0. The summed E-state index contributed by atoms with van der Waals surface area (Å²) in [5, 5.41) is 0. The van der Waals surface area contributed by atoms with Crippen molar-refractivity contribution < 1.29 is 8.42 Å². The molecule has 1 aliphatic rings. The van der Waals surface area contributed by atoms with Crippen LogP contribution >= 0.6 is 0 Å². The molecule has 0 saturated carbocycles. The van der Waals surface area contributed by atoms with Crippen LogP contribution in [0.15, 0.2) is 23.1 Å². The quantitative estimate of drug-likeness (QED) is 0.834. The van der Waals surface area contributed by atoms with Crippen LogP contribution in [0.5, 0.6) is 0 Å². The first-order valence-electron chi connectivity index (χ1n) is 6.09. The highest BCUT2D eigenvalue weighted by Gasteiger charge is 2.37. The lowest BCUT2D eigenvalue weighted by Crippen LogP contribution is -2.30. The van der Waals surface area contributed by atoms with E-state index in [1.54, 1.807) is 29.4 Å². The number of hydrogen-bond acceptors (Lipinski definition) is 3. The first-order valence-corrected chi connectivity index (χ1v) is 7.53. The third-order valence-electron chi connectivity index (χ3n) is 3.46. The van der Waals surface area contributed by atoms with Gasteiger partial charge in [0.15, 0.2) is 0 Å². The van der Waals surface area contributed by atoms with Crippen LogP contribution in [0.2, 0.25) is 0 Å². The van der Waals surface area contributed by atoms with Crippen molar-refractivity contribution in [3.05, 3.63) is 23.8 Å². The Morgan fingerprint density at radius 2 is 2.00 bits per heavy atom. The monoisotopic (exact) mass is 268 g/mol. The summed E-state index contributed by atoms with van der Waals surface area (Å²) < 4.78 is 26.7. The predicted octanol–water partition coefficient (Wildman–Crippen LogP) is 2.00. The van der Waals surface area contributed by atoms with Gasteiger partial charge in [0.05, 0.1) is 4.90 Å². The third kappa shape index (κ3) is 2.37. The molecule has 0 amide bonds. The van der Waals surface area contributed by atoms with Gasteiger partial charge >= 0.3 is 0 Å². The van der Waals surface area contributed by atoms with E-state index in [0.29, 0.717) is 29.2 Å². The van der Waals surface area contributed by atoms with Crippen LogP contribution in [0.3, 0.4) is 0 Å². The summed E-state index contributed by atoms with van der Waals surface area (Å²) >= 11 is 0. The van der Waals surface area contributed by atoms with Crippen molar-refractivity contribution in [2.24, 2.45) is 5.41 Å². The van der Waals surface area contributed by atoms with E-state index in [2.05, 4.69) is 13.8 Å². The van der Waals surface area contributed by atoms with Crippen LogP contribution in [0.4, 0.5) is 5.69 Å². The summed E-state index contributed by atoms with van der Waals surface area (Å²) in [6.45, 7) is 7.15.